The van der Waals surface area contributed by atoms with Gasteiger partial charge in [0.2, 0.25) is 0 Å². The average Bonchev–Trinajstić information content (AvgIpc) is 3.23. The molecule has 1 aromatic carbocycles. The third-order valence-corrected chi connectivity index (χ3v) is 5.99. The highest BCUT2D eigenvalue weighted by Gasteiger charge is 2.17. The van der Waals surface area contributed by atoms with Crippen LogP contribution in [0, 0.1) is 5.82 Å². The summed E-state index contributed by atoms with van der Waals surface area (Å²) in [6.07, 6.45) is 10.6. The van der Waals surface area contributed by atoms with E-state index in [1.807, 2.05) is 6.07 Å². The first-order chi connectivity index (χ1) is 15.3. The molecule has 6 heteroatoms. The summed E-state index contributed by atoms with van der Waals surface area (Å²) in [6.45, 7) is 2.75. The van der Waals surface area contributed by atoms with E-state index >= 15 is 0 Å². The van der Waals surface area contributed by atoms with Crippen LogP contribution in [-0.2, 0) is 6.42 Å². The van der Waals surface area contributed by atoms with Gasteiger partial charge in [-0.2, -0.15) is 0 Å². The van der Waals surface area contributed by atoms with Gasteiger partial charge in [0.05, 0.1) is 6.20 Å². The predicted octanol–water partition coefficient (Wildman–Crippen LogP) is 5.11. The standard InChI is InChI=1S/C25H26FN5/c26-21-14-20(16-27-17-21)25-29-23(15-24(30-25)31-12-4-1-5-13-31)28-11-10-19-9-8-18-6-2-3-7-22(18)19/h2-3,6-7,9,14-17H,1,4-5,8,10-13H2,(H,28,29,30). The number of pyridine rings is 1. The molecular formula is C25H26FN5. The van der Waals surface area contributed by atoms with E-state index in [-0.39, 0.29) is 5.82 Å². The Hall–Kier alpha value is -3.28. The molecule has 1 N–H and O–H groups in total. The van der Waals surface area contributed by atoms with Crippen molar-refractivity contribution < 1.29 is 4.39 Å². The molecule has 2 aromatic heterocycles. The molecule has 3 heterocycles. The highest BCUT2D eigenvalue weighted by atomic mass is 19.1. The Balaban J connectivity index is 1.36. The molecule has 1 aliphatic carbocycles. The lowest BCUT2D eigenvalue weighted by molar-refractivity contribution is 0.573. The van der Waals surface area contributed by atoms with Crippen molar-refractivity contribution in [3.05, 3.63) is 71.8 Å². The van der Waals surface area contributed by atoms with Crippen molar-refractivity contribution in [2.75, 3.05) is 29.9 Å². The number of nitrogens with zero attached hydrogens (tertiary/aromatic N) is 4. The van der Waals surface area contributed by atoms with Crippen LogP contribution >= 0.6 is 0 Å². The quantitative estimate of drug-likeness (QED) is 0.606. The molecule has 1 fully saturated rings. The van der Waals surface area contributed by atoms with Crippen LogP contribution in [0.5, 0.6) is 0 Å². The minimum absolute atomic E-state index is 0.383. The Morgan fingerprint density at radius 1 is 1.00 bits per heavy atom. The molecule has 158 valence electrons. The van der Waals surface area contributed by atoms with Crippen LogP contribution in [0.15, 0.2) is 54.9 Å². The fraction of sp³-hybridized carbons (Fsp3) is 0.320. The second kappa shape index (κ2) is 8.84. The van der Waals surface area contributed by atoms with Crippen LogP contribution in [0.1, 0.15) is 36.8 Å². The lowest BCUT2D eigenvalue weighted by Crippen LogP contribution is -2.30. The molecule has 0 atom stereocenters. The monoisotopic (exact) mass is 415 g/mol. The van der Waals surface area contributed by atoms with Crippen LogP contribution in [0.2, 0.25) is 0 Å². The van der Waals surface area contributed by atoms with Crippen LogP contribution in [0.25, 0.3) is 17.0 Å². The molecule has 2 aliphatic rings. The van der Waals surface area contributed by atoms with Gasteiger partial charge in [0.15, 0.2) is 5.82 Å². The van der Waals surface area contributed by atoms with E-state index in [0.717, 1.165) is 57.0 Å². The molecule has 31 heavy (non-hydrogen) atoms. The van der Waals surface area contributed by atoms with Crippen molar-refractivity contribution in [2.24, 2.45) is 0 Å². The molecule has 0 unspecified atom stereocenters. The van der Waals surface area contributed by atoms with Crippen molar-refractivity contribution in [2.45, 2.75) is 32.1 Å². The lowest BCUT2D eigenvalue weighted by atomic mass is 10.0. The van der Waals surface area contributed by atoms with Crippen molar-refractivity contribution >= 4 is 17.2 Å². The third-order valence-electron chi connectivity index (χ3n) is 5.99. The Morgan fingerprint density at radius 3 is 2.74 bits per heavy atom. The SMILES string of the molecule is Fc1cncc(-c2nc(NCCC3=CCc4ccccc43)cc(N3CCCCC3)n2)c1. The van der Waals surface area contributed by atoms with Gasteiger partial charge in [0.25, 0.3) is 0 Å². The largest absolute Gasteiger partial charge is 0.370 e. The molecular weight excluding hydrogens is 389 g/mol. The van der Waals surface area contributed by atoms with Crippen LogP contribution in [-0.4, -0.2) is 34.6 Å². The summed E-state index contributed by atoms with van der Waals surface area (Å²) in [7, 11) is 0. The molecule has 0 spiro atoms. The molecule has 0 bridgehead atoms. The van der Waals surface area contributed by atoms with Crippen molar-refractivity contribution in [3.8, 4) is 11.4 Å². The number of hydrogen-bond acceptors (Lipinski definition) is 5. The maximum absolute atomic E-state index is 13.8. The predicted molar refractivity (Wildman–Crippen MR) is 123 cm³/mol. The first-order valence-corrected chi connectivity index (χ1v) is 11.0. The number of benzene rings is 1. The maximum Gasteiger partial charge on any atom is 0.165 e. The molecule has 5 rings (SSSR count). The molecule has 0 amide bonds. The van der Waals surface area contributed by atoms with Crippen LogP contribution < -0.4 is 10.2 Å². The fourth-order valence-corrected chi connectivity index (χ4v) is 4.39. The summed E-state index contributed by atoms with van der Waals surface area (Å²) in [5.41, 5.74) is 4.72. The maximum atomic E-state index is 13.8. The smallest absolute Gasteiger partial charge is 0.165 e. The van der Waals surface area contributed by atoms with E-state index in [4.69, 9.17) is 4.98 Å². The number of piperidine rings is 1. The molecule has 0 saturated carbocycles. The zero-order valence-electron chi connectivity index (χ0n) is 17.5. The van der Waals surface area contributed by atoms with Gasteiger partial charge in [-0.3, -0.25) is 4.98 Å². The Bertz CT molecular complexity index is 1100. The number of hydrogen-bond donors (Lipinski definition) is 1. The first-order valence-electron chi connectivity index (χ1n) is 11.0. The van der Waals surface area contributed by atoms with Crippen LogP contribution in [0.4, 0.5) is 16.0 Å². The number of halogens is 1. The molecule has 1 saturated heterocycles. The zero-order valence-corrected chi connectivity index (χ0v) is 17.5. The Morgan fingerprint density at radius 2 is 1.87 bits per heavy atom. The number of nitrogens with one attached hydrogen (secondary N) is 1. The average molecular weight is 416 g/mol. The van der Waals surface area contributed by atoms with Gasteiger partial charge in [0, 0.05) is 37.5 Å². The van der Waals surface area contributed by atoms with E-state index < -0.39 is 0 Å². The highest BCUT2D eigenvalue weighted by Crippen LogP contribution is 2.30. The number of allylic oxidation sites excluding steroid dienone is 1. The second-order valence-corrected chi connectivity index (χ2v) is 8.14. The molecule has 0 radical (unpaired) electrons. The van der Waals surface area contributed by atoms with Crippen molar-refractivity contribution in [1.82, 2.24) is 15.0 Å². The third kappa shape index (κ3) is 4.43. The Labute approximate surface area is 182 Å². The van der Waals surface area contributed by atoms with Crippen molar-refractivity contribution in [1.29, 1.82) is 0 Å². The van der Waals surface area contributed by atoms with Gasteiger partial charge in [-0.15, -0.1) is 0 Å². The number of rotatable bonds is 6. The fourth-order valence-electron chi connectivity index (χ4n) is 4.39. The van der Waals surface area contributed by atoms with Gasteiger partial charge >= 0.3 is 0 Å². The van der Waals surface area contributed by atoms with E-state index in [0.29, 0.717) is 11.4 Å². The van der Waals surface area contributed by atoms with Gasteiger partial charge in [-0.25, -0.2) is 14.4 Å². The Kier molecular flexibility index (Phi) is 5.61. The summed E-state index contributed by atoms with van der Waals surface area (Å²) in [4.78, 5) is 15.7. The highest BCUT2D eigenvalue weighted by molar-refractivity contribution is 5.73. The molecule has 3 aromatic rings. The second-order valence-electron chi connectivity index (χ2n) is 8.14. The molecule has 5 nitrogen and oxygen atoms in total. The van der Waals surface area contributed by atoms with Gasteiger partial charge in [-0.05, 0) is 54.9 Å². The van der Waals surface area contributed by atoms with Crippen LogP contribution in [0.3, 0.4) is 0 Å². The number of fused-ring (bicyclic) bond motifs is 1. The van der Waals surface area contributed by atoms with E-state index in [1.165, 1.54) is 35.4 Å². The summed E-state index contributed by atoms with van der Waals surface area (Å²) < 4.78 is 13.8. The summed E-state index contributed by atoms with van der Waals surface area (Å²) in [5, 5.41) is 3.47. The van der Waals surface area contributed by atoms with Gasteiger partial charge < -0.3 is 10.2 Å². The topological polar surface area (TPSA) is 53.9 Å². The van der Waals surface area contributed by atoms with Gasteiger partial charge in [0.1, 0.15) is 17.5 Å². The molecule has 1 aliphatic heterocycles. The van der Waals surface area contributed by atoms with E-state index in [2.05, 4.69) is 50.5 Å². The van der Waals surface area contributed by atoms with E-state index in [9.17, 15) is 4.39 Å². The van der Waals surface area contributed by atoms with Gasteiger partial charge in [-0.1, -0.05) is 30.3 Å². The number of anilines is 2. The lowest BCUT2D eigenvalue weighted by Gasteiger charge is -2.28. The first kappa shape index (κ1) is 19.7. The van der Waals surface area contributed by atoms with Crippen molar-refractivity contribution in [3.63, 3.8) is 0 Å². The summed E-state index contributed by atoms with van der Waals surface area (Å²) in [6, 6.07) is 12.0. The summed E-state index contributed by atoms with van der Waals surface area (Å²) >= 11 is 0. The minimum Gasteiger partial charge on any atom is -0.370 e. The normalized spacial score (nSPS) is 15.5. The summed E-state index contributed by atoms with van der Waals surface area (Å²) in [5.74, 6) is 1.78. The zero-order chi connectivity index (χ0) is 21.0. The minimum atomic E-state index is -0.383. The number of aromatic nitrogens is 3. The van der Waals surface area contributed by atoms with E-state index in [1.54, 1.807) is 6.20 Å².